The minimum atomic E-state index is 0.0926. The van der Waals surface area contributed by atoms with E-state index in [1.165, 1.54) is 0 Å². The van der Waals surface area contributed by atoms with Crippen LogP contribution in [0.2, 0.25) is 0 Å². The average molecular weight is 243 g/mol. The van der Waals surface area contributed by atoms with Gasteiger partial charge in [-0.3, -0.25) is 4.98 Å². The SMILES string of the molecule is CCC(C)[C@@H](N)c1cncc(Br)c1. The first kappa shape index (κ1) is 10.7. The molecule has 2 atom stereocenters. The molecular weight excluding hydrogens is 228 g/mol. The molecule has 13 heavy (non-hydrogen) atoms. The number of pyridine rings is 1. The number of hydrogen-bond donors (Lipinski definition) is 1. The molecule has 1 rings (SSSR count). The van der Waals surface area contributed by atoms with Gasteiger partial charge in [-0.05, 0) is 33.5 Å². The number of hydrogen-bond acceptors (Lipinski definition) is 2. The molecule has 0 saturated heterocycles. The van der Waals surface area contributed by atoms with Gasteiger partial charge in [0.1, 0.15) is 0 Å². The van der Waals surface area contributed by atoms with Crippen LogP contribution in [0.3, 0.4) is 0 Å². The number of rotatable bonds is 3. The molecule has 0 aliphatic rings. The molecule has 0 amide bonds. The Morgan fingerprint density at radius 3 is 2.77 bits per heavy atom. The summed E-state index contributed by atoms with van der Waals surface area (Å²) in [5.41, 5.74) is 7.16. The van der Waals surface area contributed by atoms with Crippen molar-refractivity contribution >= 4 is 15.9 Å². The van der Waals surface area contributed by atoms with Gasteiger partial charge in [0, 0.05) is 22.9 Å². The highest BCUT2D eigenvalue weighted by Gasteiger charge is 2.13. The van der Waals surface area contributed by atoms with Crippen LogP contribution < -0.4 is 5.73 Å². The molecule has 2 N–H and O–H groups in total. The highest BCUT2D eigenvalue weighted by molar-refractivity contribution is 9.10. The fraction of sp³-hybridized carbons (Fsp3) is 0.500. The van der Waals surface area contributed by atoms with Gasteiger partial charge in [-0.15, -0.1) is 0 Å². The van der Waals surface area contributed by atoms with Crippen LogP contribution in [0, 0.1) is 5.92 Å². The zero-order chi connectivity index (χ0) is 9.84. The molecule has 0 aliphatic carbocycles. The molecule has 0 spiro atoms. The quantitative estimate of drug-likeness (QED) is 0.886. The number of nitrogens with two attached hydrogens (primary N) is 1. The molecular formula is C10H15BrN2. The van der Waals surface area contributed by atoms with E-state index < -0.39 is 0 Å². The molecule has 0 bridgehead atoms. The molecule has 0 radical (unpaired) electrons. The van der Waals surface area contributed by atoms with Crippen molar-refractivity contribution in [1.29, 1.82) is 0 Å². The van der Waals surface area contributed by atoms with E-state index in [9.17, 15) is 0 Å². The van der Waals surface area contributed by atoms with Gasteiger partial charge in [0.25, 0.3) is 0 Å². The summed E-state index contributed by atoms with van der Waals surface area (Å²) in [7, 11) is 0. The van der Waals surface area contributed by atoms with Gasteiger partial charge in [0.15, 0.2) is 0 Å². The van der Waals surface area contributed by atoms with Crippen LogP contribution >= 0.6 is 15.9 Å². The molecule has 1 heterocycles. The Kier molecular flexibility index (Phi) is 3.88. The summed E-state index contributed by atoms with van der Waals surface area (Å²) in [5, 5.41) is 0. The van der Waals surface area contributed by atoms with Crippen molar-refractivity contribution in [2.24, 2.45) is 11.7 Å². The van der Waals surface area contributed by atoms with Gasteiger partial charge in [-0.1, -0.05) is 20.3 Å². The van der Waals surface area contributed by atoms with Crippen LogP contribution in [0.25, 0.3) is 0 Å². The first-order chi connectivity index (χ1) is 6.15. The minimum Gasteiger partial charge on any atom is -0.324 e. The van der Waals surface area contributed by atoms with Crippen molar-refractivity contribution < 1.29 is 0 Å². The third kappa shape index (κ3) is 2.78. The summed E-state index contributed by atoms with van der Waals surface area (Å²) in [6.07, 6.45) is 4.70. The topological polar surface area (TPSA) is 38.9 Å². The van der Waals surface area contributed by atoms with Crippen LogP contribution in [0.4, 0.5) is 0 Å². The van der Waals surface area contributed by atoms with Crippen molar-refractivity contribution in [3.05, 3.63) is 28.5 Å². The monoisotopic (exact) mass is 242 g/mol. The lowest BCUT2D eigenvalue weighted by Crippen LogP contribution is -2.18. The number of aromatic nitrogens is 1. The van der Waals surface area contributed by atoms with E-state index in [-0.39, 0.29) is 6.04 Å². The smallest absolute Gasteiger partial charge is 0.0410 e. The molecule has 0 fully saturated rings. The first-order valence-corrected chi connectivity index (χ1v) is 5.30. The zero-order valence-electron chi connectivity index (χ0n) is 8.00. The van der Waals surface area contributed by atoms with Gasteiger partial charge < -0.3 is 5.73 Å². The Labute approximate surface area is 87.7 Å². The van der Waals surface area contributed by atoms with Crippen molar-refractivity contribution in [1.82, 2.24) is 4.98 Å². The first-order valence-electron chi connectivity index (χ1n) is 4.51. The van der Waals surface area contributed by atoms with Crippen molar-refractivity contribution in [3.8, 4) is 0 Å². The maximum Gasteiger partial charge on any atom is 0.0410 e. The Bertz CT molecular complexity index is 275. The highest BCUT2D eigenvalue weighted by atomic mass is 79.9. The van der Waals surface area contributed by atoms with E-state index in [4.69, 9.17) is 5.73 Å². The molecule has 1 unspecified atom stereocenters. The van der Waals surface area contributed by atoms with Crippen LogP contribution in [0.1, 0.15) is 31.9 Å². The fourth-order valence-electron chi connectivity index (χ4n) is 1.19. The third-order valence-corrected chi connectivity index (χ3v) is 2.80. The second-order valence-corrected chi connectivity index (χ2v) is 4.26. The summed E-state index contributed by atoms with van der Waals surface area (Å²) in [4.78, 5) is 4.10. The second-order valence-electron chi connectivity index (χ2n) is 3.35. The molecule has 72 valence electrons. The molecule has 0 saturated carbocycles. The Hall–Kier alpha value is -0.410. The number of nitrogens with zero attached hydrogens (tertiary/aromatic N) is 1. The maximum absolute atomic E-state index is 6.06. The lowest BCUT2D eigenvalue weighted by atomic mass is 9.95. The Balaban J connectivity index is 2.82. The average Bonchev–Trinajstić information content (AvgIpc) is 2.15. The van der Waals surface area contributed by atoms with E-state index in [1.807, 2.05) is 12.3 Å². The van der Waals surface area contributed by atoms with E-state index in [0.29, 0.717) is 5.92 Å². The Morgan fingerprint density at radius 1 is 1.54 bits per heavy atom. The van der Waals surface area contributed by atoms with Gasteiger partial charge in [0.05, 0.1) is 0 Å². The summed E-state index contributed by atoms with van der Waals surface area (Å²) in [6.45, 7) is 4.31. The van der Waals surface area contributed by atoms with Crippen LogP contribution in [-0.4, -0.2) is 4.98 Å². The lowest BCUT2D eigenvalue weighted by Gasteiger charge is -2.18. The lowest BCUT2D eigenvalue weighted by molar-refractivity contribution is 0.456. The van der Waals surface area contributed by atoms with Gasteiger partial charge >= 0.3 is 0 Å². The standard InChI is InChI=1S/C10H15BrN2/c1-3-7(2)10(12)8-4-9(11)6-13-5-8/h4-7,10H,3,12H2,1-2H3/t7?,10-/m1/s1. The summed E-state index contributed by atoms with van der Waals surface area (Å²) in [5.74, 6) is 0.496. The van der Waals surface area contributed by atoms with E-state index in [0.717, 1.165) is 16.5 Å². The molecule has 1 aromatic heterocycles. The van der Waals surface area contributed by atoms with Crippen LogP contribution in [0.5, 0.6) is 0 Å². The zero-order valence-corrected chi connectivity index (χ0v) is 9.58. The van der Waals surface area contributed by atoms with E-state index in [1.54, 1.807) is 6.20 Å². The van der Waals surface area contributed by atoms with Gasteiger partial charge in [-0.25, -0.2) is 0 Å². The largest absolute Gasteiger partial charge is 0.324 e. The van der Waals surface area contributed by atoms with Crippen molar-refractivity contribution in [2.45, 2.75) is 26.3 Å². The number of halogens is 1. The molecule has 2 nitrogen and oxygen atoms in total. The predicted octanol–water partition coefficient (Wildman–Crippen LogP) is 2.89. The fourth-order valence-corrected chi connectivity index (χ4v) is 1.58. The highest BCUT2D eigenvalue weighted by Crippen LogP contribution is 2.22. The molecule has 0 aromatic carbocycles. The minimum absolute atomic E-state index is 0.0926. The maximum atomic E-state index is 6.06. The summed E-state index contributed by atoms with van der Waals surface area (Å²) < 4.78 is 0.990. The molecule has 3 heteroatoms. The van der Waals surface area contributed by atoms with Crippen LogP contribution in [-0.2, 0) is 0 Å². The van der Waals surface area contributed by atoms with E-state index >= 15 is 0 Å². The van der Waals surface area contributed by atoms with E-state index in [2.05, 4.69) is 34.8 Å². The summed E-state index contributed by atoms with van der Waals surface area (Å²) >= 11 is 3.38. The van der Waals surface area contributed by atoms with Gasteiger partial charge in [-0.2, -0.15) is 0 Å². The van der Waals surface area contributed by atoms with Crippen molar-refractivity contribution in [3.63, 3.8) is 0 Å². The molecule has 0 aliphatic heterocycles. The van der Waals surface area contributed by atoms with Crippen LogP contribution in [0.15, 0.2) is 22.9 Å². The van der Waals surface area contributed by atoms with Crippen molar-refractivity contribution in [2.75, 3.05) is 0 Å². The third-order valence-electron chi connectivity index (χ3n) is 2.37. The predicted molar refractivity (Wildman–Crippen MR) is 58.3 cm³/mol. The normalized spacial score (nSPS) is 15.4. The Morgan fingerprint density at radius 2 is 2.23 bits per heavy atom. The summed E-state index contributed by atoms with van der Waals surface area (Å²) in [6, 6.07) is 2.12. The second kappa shape index (κ2) is 4.72. The molecule has 1 aromatic rings. The van der Waals surface area contributed by atoms with Gasteiger partial charge in [0.2, 0.25) is 0 Å².